The van der Waals surface area contributed by atoms with Crippen molar-refractivity contribution in [3.8, 4) is 0 Å². The number of hydrazine groups is 1. The third-order valence-electron chi connectivity index (χ3n) is 3.26. The summed E-state index contributed by atoms with van der Waals surface area (Å²) in [5.74, 6) is 4.46. The van der Waals surface area contributed by atoms with Crippen LogP contribution in [0.1, 0.15) is 19.5 Å². The molecule has 116 valence electrons. The summed E-state index contributed by atoms with van der Waals surface area (Å²) in [6.45, 7) is 3.86. The van der Waals surface area contributed by atoms with Gasteiger partial charge in [0.2, 0.25) is 11.9 Å². The molecule has 2 heterocycles. The van der Waals surface area contributed by atoms with E-state index < -0.39 is 17.4 Å². The highest BCUT2D eigenvalue weighted by molar-refractivity contribution is 5.90. The molecule has 21 heavy (non-hydrogen) atoms. The van der Waals surface area contributed by atoms with E-state index in [9.17, 15) is 18.0 Å². The lowest BCUT2D eigenvalue weighted by Gasteiger charge is -2.42. The molecule has 0 radical (unpaired) electrons. The third kappa shape index (κ3) is 2.84. The van der Waals surface area contributed by atoms with E-state index in [1.54, 1.807) is 13.8 Å². The number of aromatic nitrogens is 2. The minimum atomic E-state index is -4.63. The highest BCUT2D eigenvalue weighted by Gasteiger charge is 2.40. The number of alkyl halides is 3. The van der Waals surface area contributed by atoms with Crippen LogP contribution in [-0.4, -0.2) is 34.5 Å². The third-order valence-corrected chi connectivity index (χ3v) is 3.26. The fourth-order valence-electron chi connectivity index (χ4n) is 2.08. The molecule has 0 spiro atoms. The maximum absolute atomic E-state index is 12.9. The van der Waals surface area contributed by atoms with Crippen LogP contribution in [0.15, 0.2) is 6.07 Å². The molecule has 1 fully saturated rings. The molecule has 2 rings (SSSR count). The van der Waals surface area contributed by atoms with Crippen LogP contribution in [0.3, 0.4) is 0 Å². The Hall–Kier alpha value is -2.10. The van der Waals surface area contributed by atoms with Crippen LogP contribution in [-0.2, 0) is 11.0 Å². The zero-order chi connectivity index (χ0) is 15.8. The number of nitrogens with two attached hydrogens (primary N) is 1. The van der Waals surface area contributed by atoms with E-state index in [0.717, 1.165) is 6.07 Å². The summed E-state index contributed by atoms with van der Waals surface area (Å²) in [5.41, 5.74) is -0.141. The monoisotopic (exact) mass is 304 g/mol. The summed E-state index contributed by atoms with van der Waals surface area (Å²) < 4.78 is 38.6. The Balaban J connectivity index is 2.50. The number of halogens is 3. The number of amides is 1. The summed E-state index contributed by atoms with van der Waals surface area (Å²) in [4.78, 5) is 20.6. The zero-order valence-corrected chi connectivity index (χ0v) is 11.5. The van der Waals surface area contributed by atoms with Crippen molar-refractivity contribution >= 4 is 17.7 Å². The first kappa shape index (κ1) is 15.3. The van der Waals surface area contributed by atoms with E-state index in [2.05, 4.69) is 15.3 Å². The standard InChI is InChI=1S/C11H15F3N6O/c1-10(2)8(21)16-3-4-20(10)7-5-6(11(12,13)14)17-9(18-7)19-15/h5H,3-4,15H2,1-2H3,(H,16,21)(H,17,18,19). The zero-order valence-electron chi connectivity index (χ0n) is 11.5. The number of nitrogens with zero attached hydrogens (tertiary/aromatic N) is 3. The molecule has 1 saturated heterocycles. The molecule has 1 amide bonds. The number of hydrogen-bond donors (Lipinski definition) is 3. The Bertz CT molecular complexity index is 559. The molecular formula is C11H15F3N6O. The Morgan fingerprint density at radius 3 is 2.67 bits per heavy atom. The summed E-state index contributed by atoms with van der Waals surface area (Å²) in [5, 5.41) is 2.66. The van der Waals surface area contributed by atoms with Crippen molar-refractivity contribution in [2.75, 3.05) is 23.4 Å². The summed E-state index contributed by atoms with van der Waals surface area (Å²) >= 11 is 0. The molecule has 4 N–H and O–H groups in total. The predicted octanol–water partition coefficient (Wildman–Crippen LogP) is 0.496. The van der Waals surface area contributed by atoms with Gasteiger partial charge in [-0.2, -0.15) is 18.2 Å². The largest absolute Gasteiger partial charge is 0.433 e. The molecule has 1 aliphatic rings. The maximum Gasteiger partial charge on any atom is 0.433 e. The van der Waals surface area contributed by atoms with Crippen molar-refractivity contribution in [3.05, 3.63) is 11.8 Å². The van der Waals surface area contributed by atoms with Gasteiger partial charge in [0.1, 0.15) is 11.4 Å². The van der Waals surface area contributed by atoms with Gasteiger partial charge < -0.3 is 10.2 Å². The second kappa shape index (κ2) is 5.02. The minimum Gasteiger partial charge on any atom is -0.352 e. The topological polar surface area (TPSA) is 96.2 Å². The lowest BCUT2D eigenvalue weighted by atomic mass is 9.99. The van der Waals surface area contributed by atoms with E-state index in [1.165, 1.54) is 4.90 Å². The van der Waals surface area contributed by atoms with Crippen LogP contribution in [0.4, 0.5) is 24.9 Å². The molecule has 1 aromatic heterocycles. The molecule has 0 aromatic carbocycles. The minimum absolute atomic E-state index is 0.00914. The molecule has 0 bridgehead atoms. The lowest BCUT2D eigenvalue weighted by Crippen LogP contribution is -2.62. The van der Waals surface area contributed by atoms with E-state index >= 15 is 0 Å². The number of rotatable bonds is 2. The van der Waals surface area contributed by atoms with Crippen LogP contribution in [0, 0.1) is 0 Å². The summed E-state index contributed by atoms with van der Waals surface area (Å²) in [6, 6.07) is 0.807. The van der Waals surface area contributed by atoms with E-state index in [-0.39, 0.29) is 17.7 Å². The average molecular weight is 304 g/mol. The Kier molecular flexibility index (Phi) is 3.66. The number of piperazine rings is 1. The molecular weight excluding hydrogens is 289 g/mol. The summed E-state index contributed by atoms with van der Waals surface area (Å²) in [7, 11) is 0. The molecule has 1 aromatic rings. The number of hydrogen-bond acceptors (Lipinski definition) is 6. The SMILES string of the molecule is CC1(C)C(=O)NCCN1c1cc(C(F)(F)F)nc(NN)n1. The molecule has 0 unspecified atom stereocenters. The van der Waals surface area contributed by atoms with Gasteiger partial charge in [-0.05, 0) is 13.8 Å². The van der Waals surface area contributed by atoms with E-state index in [0.29, 0.717) is 13.1 Å². The van der Waals surface area contributed by atoms with E-state index in [1.807, 2.05) is 5.43 Å². The first-order chi connectivity index (χ1) is 9.66. The van der Waals surface area contributed by atoms with E-state index in [4.69, 9.17) is 5.84 Å². The van der Waals surface area contributed by atoms with Crippen LogP contribution in [0.5, 0.6) is 0 Å². The molecule has 0 saturated carbocycles. The highest BCUT2D eigenvalue weighted by Crippen LogP contribution is 2.32. The van der Waals surface area contributed by atoms with Crippen LogP contribution < -0.4 is 21.5 Å². The molecule has 10 heteroatoms. The van der Waals surface area contributed by atoms with Gasteiger partial charge >= 0.3 is 6.18 Å². The normalized spacial score (nSPS) is 18.4. The van der Waals surface area contributed by atoms with Gasteiger partial charge in [-0.25, -0.2) is 10.8 Å². The van der Waals surface area contributed by atoms with Crippen LogP contribution in [0.25, 0.3) is 0 Å². The van der Waals surface area contributed by atoms with Crippen LogP contribution in [0.2, 0.25) is 0 Å². The van der Waals surface area contributed by atoms with Gasteiger partial charge in [-0.15, -0.1) is 0 Å². The van der Waals surface area contributed by atoms with Crippen molar-refractivity contribution < 1.29 is 18.0 Å². The smallest absolute Gasteiger partial charge is 0.352 e. The van der Waals surface area contributed by atoms with Gasteiger partial charge in [0.25, 0.3) is 0 Å². The van der Waals surface area contributed by atoms with Gasteiger partial charge in [0, 0.05) is 19.2 Å². The Labute approximate surface area is 118 Å². The van der Waals surface area contributed by atoms with Crippen molar-refractivity contribution in [1.29, 1.82) is 0 Å². The average Bonchev–Trinajstić information content (AvgIpc) is 2.40. The number of nitrogen functional groups attached to an aromatic ring is 1. The first-order valence-corrected chi connectivity index (χ1v) is 6.15. The second-order valence-corrected chi connectivity index (χ2v) is 5.04. The van der Waals surface area contributed by atoms with Crippen molar-refractivity contribution in [3.63, 3.8) is 0 Å². The van der Waals surface area contributed by atoms with Crippen molar-refractivity contribution in [2.45, 2.75) is 25.6 Å². The molecule has 0 atom stereocenters. The second-order valence-electron chi connectivity index (χ2n) is 5.04. The number of anilines is 2. The Morgan fingerprint density at radius 2 is 2.10 bits per heavy atom. The molecule has 0 aliphatic carbocycles. The number of carbonyl (C=O) groups excluding carboxylic acids is 1. The highest BCUT2D eigenvalue weighted by atomic mass is 19.4. The van der Waals surface area contributed by atoms with Crippen molar-refractivity contribution in [1.82, 2.24) is 15.3 Å². The van der Waals surface area contributed by atoms with Gasteiger partial charge in [0.15, 0.2) is 5.69 Å². The number of nitrogens with one attached hydrogen (secondary N) is 2. The van der Waals surface area contributed by atoms with Crippen LogP contribution >= 0.6 is 0 Å². The number of carbonyl (C=O) groups is 1. The fourth-order valence-corrected chi connectivity index (χ4v) is 2.08. The van der Waals surface area contributed by atoms with Gasteiger partial charge in [-0.3, -0.25) is 10.2 Å². The van der Waals surface area contributed by atoms with Crippen molar-refractivity contribution in [2.24, 2.45) is 5.84 Å². The fraction of sp³-hybridized carbons (Fsp3) is 0.545. The quantitative estimate of drug-likeness (QED) is 0.544. The van der Waals surface area contributed by atoms with Gasteiger partial charge in [0.05, 0.1) is 0 Å². The Morgan fingerprint density at radius 1 is 1.43 bits per heavy atom. The predicted molar refractivity (Wildman–Crippen MR) is 69.3 cm³/mol. The van der Waals surface area contributed by atoms with Gasteiger partial charge in [-0.1, -0.05) is 0 Å². The first-order valence-electron chi connectivity index (χ1n) is 6.15. The molecule has 1 aliphatic heterocycles. The lowest BCUT2D eigenvalue weighted by molar-refractivity contribution is -0.141. The summed E-state index contributed by atoms with van der Waals surface area (Å²) in [6.07, 6.45) is -4.63. The molecule has 7 nitrogen and oxygen atoms in total. The maximum atomic E-state index is 12.9.